The minimum absolute atomic E-state index is 0.279. The second kappa shape index (κ2) is 10.1. The van der Waals surface area contributed by atoms with E-state index in [0.29, 0.717) is 25.1 Å². The molecule has 1 saturated heterocycles. The number of halogens is 5. The van der Waals surface area contributed by atoms with Crippen LogP contribution in [0.2, 0.25) is 0 Å². The van der Waals surface area contributed by atoms with E-state index in [1.165, 1.54) is 41.6 Å². The number of benzene rings is 2. The lowest BCUT2D eigenvalue weighted by atomic mass is 10.2. The van der Waals surface area contributed by atoms with Crippen molar-refractivity contribution in [2.45, 2.75) is 32.1 Å². The summed E-state index contributed by atoms with van der Waals surface area (Å²) in [5, 5.41) is 8.43. The molecule has 0 aromatic heterocycles. The van der Waals surface area contributed by atoms with E-state index < -0.39 is 36.6 Å². The van der Waals surface area contributed by atoms with Crippen molar-refractivity contribution in [3.63, 3.8) is 0 Å². The van der Waals surface area contributed by atoms with Crippen LogP contribution in [0.25, 0.3) is 0 Å². The average Bonchev–Trinajstić information content (AvgIpc) is 3.18. The topological polar surface area (TPSA) is 63.2 Å². The summed E-state index contributed by atoms with van der Waals surface area (Å²) in [6.07, 6.45) is 2.53. The normalized spacial score (nSPS) is 16.4. The first-order chi connectivity index (χ1) is 14.8. The number of rotatable bonds is 8. The van der Waals surface area contributed by atoms with Gasteiger partial charge in [0.2, 0.25) is 5.91 Å². The molecule has 3 rings (SSSR count). The molecule has 1 aliphatic rings. The molecular formula is C20H18F5N3O3. The standard InChI is InChI=1S/C20H18F5N3O3/c21-13-4-6-14(7-5-13)27-18(29)15-2-1-9-28(15)26-11-12-3-8-16(30-19(22)23)17(10-12)31-20(24)25/h3-8,10-11,15,19-20H,1-2,9H2,(H,27,29)/b26-11+/t15-/m0/s1. The van der Waals surface area contributed by atoms with Gasteiger partial charge in [-0.15, -0.1) is 0 Å². The van der Waals surface area contributed by atoms with Crippen LogP contribution in [0.1, 0.15) is 18.4 Å². The Kier molecular flexibility index (Phi) is 7.27. The largest absolute Gasteiger partial charge is 0.431 e. The molecule has 1 atom stereocenters. The molecule has 2 aromatic rings. The minimum Gasteiger partial charge on any atom is -0.431 e. The number of nitrogens with zero attached hydrogens (tertiary/aromatic N) is 2. The predicted molar refractivity (Wildman–Crippen MR) is 102 cm³/mol. The fraction of sp³-hybridized carbons (Fsp3) is 0.300. The van der Waals surface area contributed by atoms with Gasteiger partial charge in [-0.1, -0.05) is 0 Å². The van der Waals surface area contributed by atoms with Crippen molar-refractivity contribution in [1.29, 1.82) is 0 Å². The molecule has 1 heterocycles. The van der Waals surface area contributed by atoms with E-state index in [-0.39, 0.29) is 11.5 Å². The van der Waals surface area contributed by atoms with Gasteiger partial charge in [-0.2, -0.15) is 22.7 Å². The summed E-state index contributed by atoms with van der Waals surface area (Å²) < 4.78 is 71.4. The number of nitrogens with one attached hydrogen (secondary N) is 1. The molecule has 0 unspecified atom stereocenters. The van der Waals surface area contributed by atoms with Gasteiger partial charge in [0.05, 0.1) is 6.21 Å². The molecule has 2 aromatic carbocycles. The zero-order chi connectivity index (χ0) is 22.4. The van der Waals surface area contributed by atoms with Crippen molar-refractivity contribution >= 4 is 17.8 Å². The lowest BCUT2D eigenvalue weighted by molar-refractivity contribution is -0.120. The van der Waals surface area contributed by atoms with Crippen LogP contribution < -0.4 is 14.8 Å². The molecule has 0 aliphatic carbocycles. The van der Waals surface area contributed by atoms with Gasteiger partial charge in [-0.05, 0) is 60.9 Å². The molecule has 0 bridgehead atoms. The second-order valence-electron chi connectivity index (χ2n) is 6.52. The molecule has 166 valence electrons. The highest BCUT2D eigenvalue weighted by molar-refractivity contribution is 5.95. The number of alkyl halides is 4. The van der Waals surface area contributed by atoms with Crippen LogP contribution in [-0.4, -0.2) is 42.9 Å². The first kappa shape index (κ1) is 22.3. The Bertz CT molecular complexity index is 925. The monoisotopic (exact) mass is 443 g/mol. The van der Waals surface area contributed by atoms with Crippen LogP contribution in [0.15, 0.2) is 47.6 Å². The van der Waals surface area contributed by atoms with E-state index in [9.17, 15) is 26.7 Å². The van der Waals surface area contributed by atoms with Crippen LogP contribution in [-0.2, 0) is 4.79 Å². The molecule has 0 spiro atoms. The average molecular weight is 443 g/mol. The first-order valence-corrected chi connectivity index (χ1v) is 9.22. The number of amides is 1. The summed E-state index contributed by atoms with van der Waals surface area (Å²) in [5.74, 6) is -1.86. The summed E-state index contributed by atoms with van der Waals surface area (Å²) in [4.78, 5) is 12.5. The van der Waals surface area contributed by atoms with Crippen LogP contribution in [0, 0.1) is 5.82 Å². The summed E-state index contributed by atoms with van der Waals surface area (Å²) in [5.41, 5.74) is 0.715. The van der Waals surface area contributed by atoms with Gasteiger partial charge in [-0.3, -0.25) is 9.80 Å². The van der Waals surface area contributed by atoms with Crippen LogP contribution in [0.5, 0.6) is 11.5 Å². The number of anilines is 1. The highest BCUT2D eigenvalue weighted by Gasteiger charge is 2.30. The maximum atomic E-state index is 13.0. The van der Waals surface area contributed by atoms with Crippen molar-refractivity contribution in [3.05, 3.63) is 53.8 Å². The van der Waals surface area contributed by atoms with Gasteiger partial charge in [0.1, 0.15) is 11.9 Å². The van der Waals surface area contributed by atoms with E-state index in [4.69, 9.17) is 0 Å². The van der Waals surface area contributed by atoms with E-state index in [2.05, 4.69) is 19.9 Å². The van der Waals surface area contributed by atoms with Gasteiger partial charge in [0, 0.05) is 12.2 Å². The molecule has 11 heteroatoms. The Morgan fingerprint density at radius 1 is 1.06 bits per heavy atom. The summed E-state index contributed by atoms with van der Waals surface area (Å²) in [6.45, 7) is -5.96. The fourth-order valence-corrected chi connectivity index (χ4v) is 3.04. The number of hydrogen-bond donors (Lipinski definition) is 1. The molecule has 1 amide bonds. The van der Waals surface area contributed by atoms with Gasteiger partial charge in [0.25, 0.3) is 0 Å². The number of carbonyl (C=O) groups excluding carboxylic acids is 1. The van der Waals surface area contributed by atoms with Crippen LogP contribution in [0.3, 0.4) is 0 Å². The van der Waals surface area contributed by atoms with Gasteiger partial charge < -0.3 is 14.8 Å². The molecule has 31 heavy (non-hydrogen) atoms. The molecule has 0 radical (unpaired) electrons. The number of hydrazone groups is 1. The molecule has 0 saturated carbocycles. The smallest absolute Gasteiger partial charge is 0.387 e. The first-order valence-electron chi connectivity index (χ1n) is 9.22. The lowest BCUT2D eigenvalue weighted by Gasteiger charge is -2.20. The lowest BCUT2D eigenvalue weighted by Crippen LogP contribution is -2.36. The molecule has 1 aliphatic heterocycles. The number of hydrogen-bond acceptors (Lipinski definition) is 5. The zero-order valence-electron chi connectivity index (χ0n) is 16.0. The Balaban J connectivity index is 1.70. The Labute approximate surface area is 174 Å². The van der Waals surface area contributed by atoms with Gasteiger partial charge in [-0.25, -0.2) is 4.39 Å². The van der Waals surface area contributed by atoms with Crippen molar-refractivity contribution in [2.24, 2.45) is 5.10 Å². The number of ether oxygens (including phenoxy) is 2. The third kappa shape index (κ3) is 6.30. The van der Waals surface area contributed by atoms with Gasteiger partial charge in [0.15, 0.2) is 11.5 Å². The van der Waals surface area contributed by atoms with Crippen molar-refractivity contribution in [1.82, 2.24) is 5.01 Å². The minimum atomic E-state index is -3.23. The van der Waals surface area contributed by atoms with E-state index in [1.54, 1.807) is 0 Å². The fourth-order valence-electron chi connectivity index (χ4n) is 3.04. The summed E-state index contributed by atoms with van der Waals surface area (Å²) in [7, 11) is 0. The Morgan fingerprint density at radius 3 is 2.42 bits per heavy atom. The number of carbonyl (C=O) groups is 1. The van der Waals surface area contributed by atoms with Gasteiger partial charge >= 0.3 is 13.2 Å². The van der Waals surface area contributed by atoms with Crippen molar-refractivity contribution in [2.75, 3.05) is 11.9 Å². The zero-order valence-corrected chi connectivity index (χ0v) is 16.0. The third-order valence-electron chi connectivity index (χ3n) is 4.39. The maximum absolute atomic E-state index is 13.0. The molecule has 6 nitrogen and oxygen atoms in total. The van der Waals surface area contributed by atoms with E-state index in [1.807, 2.05) is 0 Å². The van der Waals surface area contributed by atoms with E-state index in [0.717, 1.165) is 12.1 Å². The highest BCUT2D eigenvalue weighted by Crippen LogP contribution is 2.31. The van der Waals surface area contributed by atoms with Crippen LogP contribution in [0.4, 0.5) is 27.6 Å². The Hall–Kier alpha value is -3.37. The SMILES string of the molecule is O=C(Nc1ccc(F)cc1)[C@@H]1CCCN1/N=C/c1ccc(OC(F)F)c(OC(F)F)c1. The van der Waals surface area contributed by atoms with Crippen molar-refractivity contribution < 1.29 is 36.2 Å². The highest BCUT2D eigenvalue weighted by atomic mass is 19.3. The molecule has 1 N–H and O–H groups in total. The van der Waals surface area contributed by atoms with Crippen LogP contribution >= 0.6 is 0 Å². The second-order valence-corrected chi connectivity index (χ2v) is 6.52. The predicted octanol–water partition coefficient (Wildman–Crippen LogP) is 4.47. The molecule has 1 fully saturated rings. The van der Waals surface area contributed by atoms with Crippen molar-refractivity contribution in [3.8, 4) is 11.5 Å². The van der Waals surface area contributed by atoms with E-state index >= 15 is 0 Å². The molecular weight excluding hydrogens is 425 g/mol. The Morgan fingerprint density at radius 2 is 1.74 bits per heavy atom. The third-order valence-corrected chi connectivity index (χ3v) is 4.39. The quantitative estimate of drug-likeness (QED) is 0.483. The maximum Gasteiger partial charge on any atom is 0.387 e. The summed E-state index contributed by atoms with van der Waals surface area (Å²) >= 11 is 0. The summed E-state index contributed by atoms with van der Waals surface area (Å²) in [6, 6.07) is 8.21.